The lowest BCUT2D eigenvalue weighted by molar-refractivity contribution is 1.27. The Labute approximate surface area is 140 Å². The molecule has 0 spiro atoms. The highest BCUT2D eigenvalue weighted by atomic mass is 32.1. The van der Waals surface area contributed by atoms with Crippen molar-refractivity contribution in [3.8, 4) is 11.3 Å². The maximum absolute atomic E-state index is 4.62. The van der Waals surface area contributed by atoms with Gasteiger partial charge in [-0.2, -0.15) is 5.10 Å². The van der Waals surface area contributed by atoms with Gasteiger partial charge in [-0.25, -0.2) is 4.98 Å². The number of nitrogens with one attached hydrogen (secondary N) is 1. The third-order valence-corrected chi connectivity index (χ3v) is 4.46. The van der Waals surface area contributed by atoms with Crippen LogP contribution in [0.25, 0.3) is 11.3 Å². The number of anilines is 1. The van der Waals surface area contributed by atoms with Crippen LogP contribution >= 0.6 is 11.3 Å². The molecule has 0 aliphatic carbocycles. The molecule has 0 saturated carbocycles. The molecule has 0 fully saturated rings. The predicted molar refractivity (Wildman–Crippen MR) is 99.4 cm³/mol. The average molecular weight is 321 g/mol. The maximum atomic E-state index is 4.62. The van der Waals surface area contributed by atoms with Gasteiger partial charge in [-0.3, -0.25) is 5.43 Å². The summed E-state index contributed by atoms with van der Waals surface area (Å²) in [6.45, 7) is 6.29. The van der Waals surface area contributed by atoms with Crippen LogP contribution in [0.2, 0.25) is 0 Å². The molecule has 0 unspecified atom stereocenters. The van der Waals surface area contributed by atoms with Gasteiger partial charge in [0.1, 0.15) is 0 Å². The molecule has 1 aromatic heterocycles. The van der Waals surface area contributed by atoms with Crippen LogP contribution in [0, 0.1) is 20.8 Å². The highest BCUT2D eigenvalue weighted by molar-refractivity contribution is 7.14. The van der Waals surface area contributed by atoms with Crippen molar-refractivity contribution < 1.29 is 0 Å². The van der Waals surface area contributed by atoms with Crippen molar-refractivity contribution in [3.63, 3.8) is 0 Å². The fourth-order valence-electron chi connectivity index (χ4n) is 2.44. The summed E-state index contributed by atoms with van der Waals surface area (Å²) in [6.07, 6.45) is 1.83. The van der Waals surface area contributed by atoms with Gasteiger partial charge in [-0.15, -0.1) is 11.3 Å². The normalized spacial score (nSPS) is 11.1. The second-order valence-electron chi connectivity index (χ2n) is 5.58. The highest BCUT2D eigenvalue weighted by Gasteiger charge is 2.06. The zero-order valence-electron chi connectivity index (χ0n) is 13.5. The van der Waals surface area contributed by atoms with E-state index in [0.717, 1.165) is 16.4 Å². The molecule has 1 N–H and O–H groups in total. The molecule has 4 heteroatoms. The monoisotopic (exact) mass is 321 g/mol. The summed E-state index contributed by atoms with van der Waals surface area (Å²) >= 11 is 1.56. The van der Waals surface area contributed by atoms with Gasteiger partial charge >= 0.3 is 0 Å². The van der Waals surface area contributed by atoms with Crippen molar-refractivity contribution in [1.82, 2.24) is 4.98 Å². The van der Waals surface area contributed by atoms with E-state index in [-0.39, 0.29) is 0 Å². The van der Waals surface area contributed by atoms with Gasteiger partial charge < -0.3 is 0 Å². The minimum Gasteiger partial charge on any atom is -0.253 e. The van der Waals surface area contributed by atoms with E-state index in [0.29, 0.717) is 0 Å². The second-order valence-corrected chi connectivity index (χ2v) is 6.44. The zero-order valence-corrected chi connectivity index (χ0v) is 14.3. The summed E-state index contributed by atoms with van der Waals surface area (Å²) in [5.74, 6) is 0. The van der Waals surface area contributed by atoms with E-state index in [4.69, 9.17) is 0 Å². The highest BCUT2D eigenvalue weighted by Crippen LogP contribution is 2.27. The molecule has 0 atom stereocenters. The van der Waals surface area contributed by atoms with Crippen LogP contribution in [0.4, 0.5) is 5.13 Å². The van der Waals surface area contributed by atoms with E-state index in [1.54, 1.807) is 11.3 Å². The van der Waals surface area contributed by atoms with E-state index in [1.807, 2.05) is 24.4 Å². The minimum absolute atomic E-state index is 0.796. The molecule has 0 amide bonds. The summed E-state index contributed by atoms with van der Waals surface area (Å²) in [4.78, 5) is 4.62. The molecule has 3 rings (SSSR count). The largest absolute Gasteiger partial charge is 0.253 e. The second kappa shape index (κ2) is 6.75. The van der Waals surface area contributed by atoms with Crippen molar-refractivity contribution in [2.24, 2.45) is 5.10 Å². The van der Waals surface area contributed by atoms with Gasteiger partial charge in [-0.1, -0.05) is 48.0 Å². The molecule has 0 bridgehead atoms. The number of benzene rings is 2. The summed E-state index contributed by atoms with van der Waals surface area (Å²) in [5.41, 5.74) is 9.99. The number of nitrogens with zero attached hydrogens (tertiary/aromatic N) is 2. The first-order valence-electron chi connectivity index (χ1n) is 7.51. The fourth-order valence-corrected chi connectivity index (χ4v) is 3.10. The van der Waals surface area contributed by atoms with Gasteiger partial charge in [0.2, 0.25) is 5.13 Å². The molecular formula is C19H19N3S. The summed E-state index contributed by atoms with van der Waals surface area (Å²) in [7, 11) is 0. The van der Waals surface area contributed by atoms with E-state index in [9.17, 15) is 0 Å². The lowest BCUT2D eigenvalue weighted by atomic mass is 10.0. The lowest BCUT2D eigenvalue weighted by Gasteiger charge is -2.03. The Morgan fingerprint density at radius 3 is 2.65 bits per heavy atom. The van der Waals surface area contributed by atoms with E-state index >= 15 is 0 Å². The molecule has 0 aliphatic rings. The van der Waals surface area contributed by atoms with Crippen LogP contribution in [0.15, 0.2) is 52.9 Å². The quantitative estimate of drug-likeness (QED) is 0.531. The van der Waals surface area contributed by atoms with E-state index in [1.165, 1.54) is 22.3 Å². The van der Waals surface area contributed by atoms with Crippen LogP contribution in [-0.2, 0) is 0 Å². The lowest BCUT2D eigenvalue weighted by Crippen LogP contribution is -1.92. The van der Waals surface area contributed by atoms with Crippen molar-refractivity contribution in [2.75, 3.05) is 5.43 Å². The first-order valence-corrected chi connectivity index (χ1v) is 8.39. The molecule has 2 aromatic carbocycles. The van der Waals surface area contributed by atoms with Gasteiger partial charge in [0, 0.05) is 10.9 Å². The molecule has 23 heavy (non-hydrogen) atoms. The Kier molecular flexibility index (Phi) is 4.53. The maximum Gasteiger partial charge on any atom is 0.203 e. The van der Waals surface area contributed by atoms with Crippen LogP contribution < -0.4 is 5.43 Å². The number of rotatable bonds is 4. The molecule has 1 heterocycles. The van der Waals surface area contributed by atoms with Crippen molar-refractivity contribution >= 4 is 22.7 Å². The van der Waals surface area contributed by atoms with Crippen molar-refractivity contribution in [2.45, 2.75) is 20.8 Å². The topological polar surface area (TPSA) is 37.3 Å². The molecule has 116 valence electrons. The Hall–Kier alpha value is -2.46. The Morgan fingerprint density at radius 1 is 1.04 bits per heavy atom. The smallest absolute Gasteiger partial charge is 0.203 e. The SMILES string of the molecule is Cc1ccc(-c2csc(N/N=C\c3ccccc3C)n2)c(C)c1. The van der Waals surface area contributed by atoms with Crippen LogP contribution in [-0.4, -0.2) is 11.2 Å². The first kappa shape index (κ1) is 15.4. The average Bonchev–Trinajstić information content (AvgIpc) is 2.98. The molecular weight excluding hydrogens is 302 g/mol. The van der Waals surface area contributed by atoms with Gasteiger partial charge in [0.25, 0.3) is 0 Å². The third kappa shape index (κ3) is 3.66. The van der Waals surface area contributed by atoms with Crippen LogP contribution in [0.5, 0.6) is 0 Å². The molecule has 0 aliphatic heterocycles. The summed E-state index contributed by atoms with van der Waals surface area (Å²) in [5, 5.41) is 7.14. The number of aromatic nitrogens is 1. The van der Waals surface area contributed by atoms with Crippen LogP contribution in [0.3, 0.4) is 0 Å². The standard InChI is InChI=1S/C19H19N3S/c1-13-8-9-17(15(3)10-13)18-12-23-19(21-18)22-20-11-16-7-5-4-6-14(16)2/h4-12H,1-3H3,(H,21,22)/b20-11-. The van der Waals surface area contributed by atoms with Crippen LogP contribution in [0.1, 0.15) is 22.3 Å². The van der Waals surface area contributed by atoms with Gasteiger partial charge in [0.15, 0.2) is 0 Å². The van der Waals surface area contributed by atoms with Crippen molar-refractivity contribution in [3.05, 3.63) is 70.1 Å². The van der Waals surface area contributed by atoms with Gasteiger partial charge in [0.05, 0.1) is 11.9 Å². The number of hydrogen-bond acceptors (Lipinski definition) is 4. The molecule has 3 nitrogen and oxygen atoms in total. The van der Waals surface area contributed by atoms with Crippen molar-refractivity contribution in [1.29, 1.82) is 0 Å². The zero-order chi connectivity index (χ0) is 16.2. The predicted octanol–water partition coefficient (Wildman–Crippen LogP) is 5.18. The van der Waals surface area contributed by atoms with E-state index in [2.05, 4.69) is 65.9 Å². The number of thiazole rings is 1. The number of hydrogen-bond donors (Lipinski definition) is 1. The Bertz CT molecular complexity index is 849. The van der Waals surface area contributed by atoms with Gasteiger partial charge in [-0.05, 0) is 37.5 Å². The third-order valence-electron chi connectivity index (χ3n) is 3.71. The summed E-state index contributed by atoms with van der Waals surface area (Å²) in [6, 6.07) is 14.6. The molecule has 0 radical (unpaired) electrons. The molecule has 3 aromatic rings. The number of aryl methyl sites for hydroxylation is 3. The Balaban J connectivity index is 1.74. The van der Waals surface area contributed by atoms with E-state index < -0.39 is 0 Å². The Morgan fingerprint density at radius 2 is 1.87 bits per heavy atom. The molecule has 0 saturated heterocycles. The fraction of sp³-hybridized carbons (Fsp3) is 0.158. The summed E-state index contributed by atoms with van der Waals surface area (Å²) < 4.78 is 0. The minimum atomic E-state index is 0.796. The first-order chi connectivity index (χ1) is 11.1. The number of hydrazone groups is 1.